The van der Waals surface area contributed by atoms with Gasteiger partial charge in [-0.15, -0.1) is 11.3 Å². The predicted octanol–water partition coefficient (Wildman–Crippen LogP) is 2.21. The number of nitrogens with zero attached hydrogens (tertiary/aromatic N) is 4. The molecule has 0 unspecified atom stereocenters. The Morgan fingerprint density at radius 1 is 1.26 bits per heavy atom. The van der Waals surface area contributed by atoms with Crippen LogP contribution in [0.1, 0.15) is 11.3 Å². The summed E-state index contributed by atoms with van der Waals surface area (Å²) in [7, 11) is 2.13. The monoisotopic (exact) mass is 326 g/mol. The highest BCUT2D eigenvalue weighted by Gasteiger charge is 2.18. The van der Waals surface area contributed by atoms with Crippen molar-refractivity contribution in [2.45, 2.75) is 13.1 Å². The zero-order valence-electron chi connectivity index (χ0n) is 13.0. The largest absolute Gasteiger partial charge is 0.373 e. The summed E-state index contributed by atoms with van der Waals surface area (Å²) in [4.78, 5) is 22.2. The van der Waals surface area contributed by atoms with Crippen molar-refractivity contribution in [2.75, 3.05) is 25.0 Å². The third kappa shape index (κ3) is 2.75. The van der Waals surface area contributed by atoms with E-state index in [1.807, 2.05) is 5.38 Å². The number of aromatic nitrogens is 2. The Kier molecular flexibility index (Phi) is 3.63. The van der Waals surface area contributed by atoms with Crippen LogP contribution in [0.25, 0.3) is 4.96 Å². The van der Waals surface area contributed by atoms with Crippen molar-refractivity contribution in [3.05, 3.63) is 63.5 Å². The molecular formula is C17H18N4OS. The SMILES string of the molecule is CN1CCN(Cc2cc(=O)n3ccsc3n2)Cc2ccccc21. The van der Waals surface area contributed by atoms with Gasteiger partial charge in [0.2, 0.25) is 0 Å². The topological polar surface area (TPSA) is 40.9 Å². The molecule has 0 saturated heterocycles. The summed E-state index contributed by atoms with van der Waals surface area (Å²) in [6.07, 6.45) is 1.77. The lowest BCUT2D eigenvalue weighted by Gasteiger charge is -2.20. The lowest BCUT2D eigenvalue weighted by atomic mass is 10.1. The number of hydrogen-bond acceptors (Lipinski definition) is 5. The number of likely N-dealkylation sites (N-methyl/N-ethyl adjacent to an activating group) is 1. The van der Waals surface area contributed by atoms with Gasteiger partial charge in [0.05, 0.1) is 5.69 Å². The molecule has 0 fully saturated rings. The van der Waals surface area contributed by atoms with E-state index in [2.05, 4.69) is 46.1 Å². The smallest absolute Gasteiger partial charge is 0.258 e. The summed E-state index contributed by atoms with van der Waals surface area (Å²) < 4.78 is 1.60. The first-order chi connectivity index (χ1) is 11.2. The highest BCUT2D eigenvalue weighted by atomic mass is 32.1. The molecule has 2 aromatic heterocycles. The van der Waals surface area contributed by atoms with E-state index in [1.54, 1.807) is 16.7 Å². The van der Waals surface area contributed by atoms with Crippen molar-refractivity contribution >= 4 is 22.0 Å². The Labute approximate surface area is 138 Å². The second kappa shape index (κ2) is 5.79. The summed E-state index contributed by atoms with van der Waals surface area (Å²) >= 11 is 1.50. The van der Waals surface area contributed by atoms with E-state index in [1.165, 1.54) is 22.6 Å². The van der Waals surface area contributed by atoms with E-state index >= 15 is 0 Å². The number of rotatable bonds is 2. The molecule has 6 heteroatoms. The van der Waals surface area contributed by atoms with Crippen LogP contribution in [-0.4, -0.2) is 34.4 Å². The van der Waals surface area contributed by atoms with Gasteiger partial charge in [-0.3, -0.25) is 14.1 Å². The quantitative estimate of drug-likeness (QED) is 0.724. The molecule has 23 heavy (non-hydrogen) atoms. The molecule has 0 bridgehead atoms. The molecule has 1 aliphatic heterocycles. The molecular weight excluding hydrogens is 308 g/mol. The standard InChI is InChI=1S/C17H18N4OS/c1-19-6-7-20(11-13-4-2-3-5-15(13)19)12-14-10-16(22)21-8-9-23-17(21)18-14/h2-5,8-10H,6-7,11-12H2,1H3. The molecule has 0 aliphatic carbocycles. The summed E-state index contributed by atoms with van der Waals surface area (Å²) in [5.41, 5.74) is 3.45. The van der Waals surface area contributed by atoms with Crippen LogP contribution >= 0.6 is 11.3 Å². The second-order valence-electron chi connectivity index (χ2n) is 5.90. The van der Waals surface area contributed by atoms with Crippen LogP contribution < -0.4 is 10.5 Å². The highest BCUT2D eigenvalue weighted by molar-refractivity contribution is 7.15. The molecule has 0 amide bonds. The van der Waals surface area contributed by atoms with Crippen molar-refractivity contribution in [1.82, 2.24) is 14.3 Å². The molecule has 0 saturated carbocycles. The average molecular weight is 326 g/mol. The van der Waals surface area contributed by atoms with E-state index in [9.17, 15) is 4.79 Å². The molecule has 4 rings (SSSR count). The Balaban J connectivity index is 1.62. The van der Waals surface area contributed by atoms with Gasteiger partial charge in [-0.05, 0) is 11.6 Å². The zero-order valence-corrected chi connectivity index (χ0v) is 13.8. The highest BCUT2D eigenvalue weighted by Crippen LogP contribution is 2.24. The molecule has 0 spiro atoms. The molecule has 0 N–H and O–H groups in total. The zero-order chi connectivity index (χ0) is 15.8. The van der Waals surface area contributed by atoms with Crippen LogP contribution in [-0.2, 0) is 13.1 Å². The third-order valence-electron chi connectivity index (χ3n) is 4.29. The maximum absolute atomic E-state index is 12.1. The number of fused-ring (bicyclic) bond motifs is 2. The minimum atomic E-state index is -0.00131. The molecule has 3 heterocycles. The normalized spacial score (nSPS) is 15.6. The van der Waals surface area contributed by atoms with Gasteiger partial charge in [-0.1, -0.05) is 18.2 Å². The van der Waals surface area contributed by atoms with E-state index in [0.717, 1.165) is 30.3 Å². The molecule has 0 radical (unpaired) electrons. The molecule has 1 aromatic carbocycles. The van der Waals surface area contributed by atoms with Gasteiger partial charge in [-0.25, -0.2) is 4.98 Å². The predicted molar refractivity (Wildman–Crippen MR) is 93.2 cm³/mol. The minimum absolute atomic E-state index is 0.00131. The fraction of sp³-hybridized carbons (Fsp3) is 0.294. The van der Waals surface area contributed by atoms with Gasteiger partial charge >= 0.3 is 0 Å². The Hall–Kier alpha value is -2.18. The van der Waals surface area contributed by atoms with Crippen LogP contribution in [0.15, 0.2) is 46.7 Å². The number of para-hydroxylation sites is 1. The summed E-state index contributed by atoms with van der Waals surface area (Å²) in [5.74, 6) is 0. The maximum atomic E-state index is 12.1. The number of hydrogen-bond donors (Lipinski definition) is 0. The number of anilines is 1. The molecule has 118 valence electrons. The van der Waals surface area contributed by atoms with Crippen molar-refractivity contribution in [3.63, 3.8) is 0 Å². The number of thiazole rings is 1. The average Bonchev–Trinajstić information content (AvgIpc) is 2.96. The van der Waals surface area contributed by atoms with E-state index < -0.39 is 0 Å². The van der Waals surface area contributed by atoms with E-state index in [0.29, 0.717) is 6.54 Å². The Bertz CT molecular complexity index is 901. The minimum Gasteiger partial charge on any atom is -0.373 e. The van der Waals surface area contributed by atoms with Crippen LogP contribution in [0.2, 0.25) is 0 Å². The summed E-state index contributed by atoms with van der Waals surface area (Å²) in [6.45, 7) is 3.51. The second-order valence-corrected chi connectivity index (χ2v) is 6.78. The Morgan fingerprint density at radius 2 is 2.13 bits per heavy atom. The van der Waals surface area contributed by atoms with Gasteiger partial charge < -0.3 is 4.90 Å². The number of benzene rings is 1. The van der Waals surface area contributed by atoms with Gasteiger partial charge in [0.15, 0.2) is 4.96 Å². The van der Waals surface area contributed by atoms with Crippen LogP contribution in [0, 0.1) is 0 Å². The van der Waals surface area contributed by atoms with Crippen molar-refractivity contribution in [2.24, 2.45) is 0 Å². The van der Waals surface area contributed by atoms with Crippen LogP contribution in [0.5, 0.6) is 0 Å². The van der Waals surface area contributed by atoms with E-state index in [-0.39, 0.29) is 5.56 Å². The first kappa shape index (κ1) is 14.4. The van der Waals surface area contributed by atoms with Crippen LogP contribution in [0.4, 0.5) is 5.69 Å². The van der Waals surface area contributed by atoms with Crippen molar-refractivity contribution < 1.29 is 0 Å². The third-order valence-corrected chi connectivity index (χ3v) is 5.05. The first-order valence-electron chi connectivity index (χ1n) is 7.68. The summed E-state index contributed by atoms with van der Waals surface area (Å²) in [6, 6.07) is 10.2. The maximum Gasteiger partial charge on any atom is 0.258 e. The molecule has 5 nitrogen and oxygen atoms in total. The van der Waals surface area contributed by atoms with Gasteiger partial charge in [0.25, 0.3) is 5.56 Å². The van der Waals surface area contributed by atoms with Crippen LogP contribution in [0.3, 0.4) is 0 Å². The van der Waals surface area contributed by atoms with Crippen molar-refractivity contribution in [1.29, 1.82) is 0 Å². The molecule has 0 atom stereocenters. The molecule has 3 aromatic rings. The lowest BCUT2D eigenvalue weighted by Crippen LogP contribution is -2.29. The van der Waals surface area contributed by atoms with Gasteiger partial charge in [0, 0.05) is 56.6 Å². The van der Waals surface area contributed by atoms with Gasteiger partial charge in [-0.2, -0.15) is 0 Å². The Morgan fingerprint density at radius 3 is 3.04 bits per heavy atom. The van der Waals surface area contributed by atoms with Gasteiger partial charge in [0.1, 0.15) is 0 Å². The van der Waals surface area contributed by atoms with E-state index in [4.69, 9.17) is 0 Å². The fourth-order valence-corrected chi connectivity index (χ4v) is 3.82. The fourth-order valence-electron chi connectivity index (χ4n) is 3.08. The van der Waals surface area contributed by atoms with Crippen molar-refractivity contribution in [3.8, 4) is 0 Å². The lowest BCUT2D eigenvalue weighted by molar-refractivity contribution is 0.266. The summed E-state index contributed by atoms with van der Waals surface area (Å²) in [5, 5.41) is 1.89. The molecule has 1 aliphatic rings. The first-order valence-corrected chi connectivity index (χ1v) is 8.56.